The molecule has 2 heteroatoms. The van der Waals surface area contributed by atoms with E-state index >= 15 is 0 Å². The number of aryl methyl sites for hydroxylation is 5. The molecular weight excluding hydrogens is 338 g/mol. The van der Waals surface area contributed by atoms with Crippen LogP contribution >= 0.6 is 12.4 Å². The molecule has 4 bridgehead atoms. The molecule has 0 aromatic heterocycles. The van der Waals surface area contributed by atoms with E-state index in [1.165, 1.54) is 87.7 Å². The molecule has 1 saturated heterocycles. The molecule has 2 aromatic carbocycles. The monoisotopic (exact) mass is 369 g/mol. The number of benzene rings is 2. The van der Waals surface area contributed by atoms with Gasteiger partial charge < -0.3 is 4.90 Å². The van der Waals surface area contributed by atoms with Gasteiger partial charge in [-0.15, -0.1) is 12.4 Å². The van der Waals surface area contributed by atoms with E-state index in [4.69, 9.17) is 0 Å². The Morgan fingerprint density at radius 1 is 0.692 bits per heavy atom. The van der Waals surface area contributed by atoms with Crippen LogP contribution in [0.25, 0.3) is 0 Å². The Kier molecular flexibility index (Phi) is 7.16. The van der Waals surface area contributed by atoms with E-state index in [9.17, 15) is 0 Å². The predicted octanol–water partition coefficient (Wildman–Crippen LogP) is 5.41. The molecule has 140 valence electrons. The smallest absolute Gasteiger partial charge is 0.00156 e. The summed E-state index contributed by atoms with van der Waals surface area (Å²) in [7, 11) is 0. The number of likely N-dealkylation sites (tertiary alicyclic amines) is 1. The van der Waals surface area contributed by atoms with Gasteiger partial charge in [0.1, 0.15) is 0 Å². The van der Waals surface area contributed by atoms with Crippen molar-refractivity contribution in [3.05, 3.63) is 70.3 Å². The third kappa shape index (κ3) is 5.11. The molecule has 5 aliphatic rings. The average molecular weight is 370 g/mol. The third-order valence-electron chi connectivity index (χ3n) is 6.05. The largest absolute Gasteiger partial charge is 0.303 e. The minimum absolute atomic E-state index is 0. The highest BCUT2D eigenvalue weighted by molar-refractivity contribution is 5.85. The van der Waals surface area contributed by atoms with Crippen LogP contribution in [0.5, 0.6) is 0 Å². The third-order valence-corrected chi connectivity index (χ3v) is 6.05. The van der Waals surface area contributed by atoms with E-state index in [0.717, 1.165) is 6.42 Å². The van der Waals surface area contributed by atoms with E-state index in [1.54, 1.807) is 11.1 Å². The fourth-order valence-electron chi connectivity index (χ4n) is 4.43. The maximum Gasteiger partial charge on any atom is -0.00156 e. The number of nitrogens with zero attached hydrogens (tertiary/aromatic N) is 1. The summed E-state index contributed by atoms with van der Waals surface area (Å²) in [5, 5.41) is 0. The summed E-state index contributed by atoms with van der Waals surface area (Å²) in [5.41, 5.74) is 7.66. The maximum atomic E-state index is 2.67. The van der Waals surface area contributed by atoms with Crippen LogP contribution in [-0.2, 0) is 32.1 Å². The number of piperidine rings is 1. The van der Waals surface area contributed by atoms with Gasteiger partial charge in [0, 0.05) is 0 Å². The van der Waals surface area contributed by atoms with Gasteiger partial charge in [-0.2, -0.15) is 0 Å². The van der Waals surface area contributed by atoms with Crippen molar-refractivity contribution in [3.8, 4) is 0 Å². The van der Waals surface area contributed by atoms with Crippen LogP contribution in [0, 0.1) is 0 Å². The lowest BCUT2D eigenvalue weighted by molar-refractivity contribution is 0.226. The Labute approximate surface area is 165 Å². The van der Waals surface area contributed by atoms with Crippen molar-refractivity contribution in [1.82, 2.24) is 4.90 Å². The van der Waals surface area contributed by atoms with Crippen LogP contribution in [0.4, 0.5) is 0 Å². The summed E-state index contributed by atoms with van der Waals surface area (Å²) in [6.07, 6.45) is 11.5. The van der Waals surface area contributed by atoms with Crippen molar-refractivity contribution >= 4 is 12.4 Å². The van der Waals surface area contributed by atoms with Gasteiger partial charge in [0.05, 0.1) is 0 Å². The second-order valence-electron chi connectivity index (χ2n) is 7.93. The molecule has 0 radical (unpaired) electrons. The van der Waals surface area contributed by atoms with Crippen molar-refractivity contribution in [2.24, 2.45) is 0 Å². The van der Waals surface area contributed by atoms with E-state index in [2.05, 4.69) is 47.4 Å². The van der Waals surface area contributed by atoms with Gasteiger partial charge in [0.15, 0.2) is 0 Å². The molecule has 0 unspecified atom stereocenters. The predicted molar refractivity (Wildman–Crippen MR) is 114 cm³/mol. The number of hydrogen-bond donors (Lipinski definition) is 0. The van der Waals surface area contributed by atoms with Crippen molar-refractivity contribution in [1.29, 1.82) is 0 Å². The summed E-state index contributed by atoms with van der Waals surface area (Å²) < 4.78 is 0. The Balaban J connectivity index is 0.00000196. The zero-order valence-corrected chi connectivity index (χ0v) is 16.7. The summed E-state index contributed by atoms with van der Waals surface area (Å²) in [5.74, 6) is 0. The molecule has 4 aliphatic carbocycles. The fraction of sp³-hybridized carbons (Fsp3) is 0.500. The molecule has 2 aromatic rings. The average Bonchev–Trinajstić information content (AvgIpc) is 2.65. The first-order chi connectivity index (χ1) is 12.4. The van der Waals surface area contributed by atoms with E-state index < -0.39 is 0 Å². The zero-order chi connectivity index (χ0) is 16.9. The highest BCUT2D eigenvalue weighted by Crippen LogP contribution is 2.21. The van der Waals surface area contributed by atoms with Gasteiger partial charge >= 0.3 is 0 Å². The van der Waals surface area contributed by atoms with Crippen molar-refractivity contribution < 1.29 is 0 Å². The van der Waals surface area contributed by atoms with Gasteiger partial charge in [0.2, 0.25) is 0 Å². The molecule has 0 amide bonds. The second-order valence-corrected chi connectivity index (χ2v) is 7.93. The Bertz CT molecular complexity index is 686. The molecule has 0 N–H and O–H groups in total. The fourth-order valence-corrected chi connectivity index (χ4v) is 4.43. The molecule has 0 saturated carbocycles. The van der Waals surface area contributed by atoms with E-state index in [0.29, 0.717) is 0 Å². The van der Waals surface area contributed by atoms with Crippen molar-refractivity contribution in [2.75, 3.05) is 19.6 Å². The molecule has 26 heavy (non-hydrogen) atoms. The SMILES string of the molecule is Cl.c1cc2ccc1CCc1ccc(c(CCCN3CCCCC3)c1)CC2. The second kappa shape index (κ2) is 9.58. The van der Waals surface area contributed by atoms with Gasteiger partial charge in [-0.1, -0.05) is 48.9 Å². The summed E-state index contributed by atoms with van der Waals surface area (Å²) in [6.45, 7) is 3.93. The normalized spacial score (nSPS) is 17.4. The van der Waals surface area contributed by atoms with Crippen LogP contribution in [0.1, 0.15) is 53.5 Å². The van der Waals surface area contributed by atoms with Crippen molar-refractivity contribution in [2.45, 2.75) is 57.8 Å². The van der Waals surface area contributed by atoms with E-state index in [-0.39, 0.29) is 12.4 Å². The highest BCUT2D eigenvalue weighted by Gasteiger charge is 2.11. The topological polar surface area (TPSA) is 3.24 Å². The first kappa shape index (κ1) is 19.5. The lowest BCUT2D eigenvalue weighted by atomic mass is 9.91. The van der Waals surface area contributed by atoms with Crippen LogP contribution in [-0.4, -0.2) is 24.5 Å². The molecule has 1 nitrogen and oxygen atoms in total. The summed E-state index contributed by atoms with van der Waals surface area (Å²) >= 11 is 0. The van der Waals surface area contributed by atoms with Gasteiger partial charge in [0.25, 0.3) is 0 Å². The Morgan fingerprint density at radius 2 is 1.31 bits per heavy atom. The summed E-state index contributed by atoms with van der Waals surface area (Å²) in [4.78, 5) is 2.67. The lowest BCUT2D eigenvalue weighted by Gasteiger charge is -2.26. The first-order valence-corrected chi connectivity index (χ1v) is 10.3. The zero-order valence-electron chi connectivity index (χ0n) is 15.9. The standard InChI is InChI=1S/C24H31N.ClH/c1-2-16-25(17-3-1)18-4-5-24-19-22-11-10-20-6-8-21(9-7-20)12-14-23(24)15-13-22;/h6-9,13,15,19H,1-5,10-12,14,16-18H2;1H. The molecular formula is C24H32ClN. The van der Waals surface area contributed by atoms with Crippen LogP contribution < -0.4 is 0 Å². The minimum atomic E-state index is 0. The number of rotatable bonds is 4. The molecule has 0 atom stereocenters. The van der Waals surface area contributed by atoms with Crippen LogP contribution in [0.3, 0.4) is 0 Å². The molecule has 7 rings (SSSR count). The van der Waals surface area contributed by atoms with Crippen LogP contribution in [0.2, 0.25) is 0 Å². The first-order valence-electron chi connectivity index (χ1n) is 10.3. The number of hydrogen-bond acceptors (Lipinski definition) is 1. The Morgan fingerprint density at radius 3 is 2.04 bits per heavy atom. The number of halogens is 1. The molecule has 1 aliphatic heterocycles. The highest BCUT2D eigenvalue weighted by atomic mass is 35.5. The molecule has 0 spiro atoms. The minimum Gasteiger partial charge on any atom is -0.303 e. The summed E-state index contributed by atoms with van der Waals surface area (Å²) in [6, 6.07) is 16.6. The van der Waals surface area contributed by atoms with E-state index in [1.807, 2.05) is 0 Å². The van der Waals surface area contributed by atoms with Gasteiger partial charge in [-0.3, -0.25) is 0 Å². The van der Waals surface area contributed by atoms with Crippen molar-refractivity contribution in [3.63, 3.8) is 0 Å². The quantitative estimate of drug-likeness (QED) is 0.696. The molecule has 1 fully saturated rings. The van der Waals surface area contributed by atoms with Crippen LogP contribution in [0.15, 0.2) is 42.5 Å². The lowest BCUT2D eigenvalue weighted by Crippen LogP contribution is -2.30. The van der Waals surface area contributed by atoms with Gasteiger partial charge in [-0.05, 0) is 98.8 Å². The van der Waals surface area contributed by atoms with Gasteiger partial charge in [-0.25, -0.2) is 0 Å². The maximum absolute atomic E-state index is 2.67. The Hall–Kier alpha value is -1.31. The molecule has 1 heterocycles.